The number of benzene rings is 1. The Labute approximate surface area is 213 Å². The lowest BCUT2D eigenvalue weighted by atomic mass is 10.1. The van der Waals surface area contributed by atoms with E-state index in [0.29, 0.717) is 24.4 Å². The zero-order chi connectivity index (χ0) is 26.7. The van der Waals surface area contributed by atoms with Gasteiger partial charge in [0.1, 0.15) is 29.0 Å². The normalized spacial score (nSPS) is 20.1. The van der Waals surface area contributed by atoms with Gasteiger partial charge in [-0.2, -0.15) is 0 Å². The van der Waals surface area contributed by atoms with Crippen molar-refractivity contribution in [1.82, 2.24) is 20.4 Å². The summed E-state index contributed by atoms with van der Waals surface area (Å²) in [6, 6.07) is 4.57. The molecule has 0 spiro atoms. The van der Waals surface area contributed by atoms with Crippen LogP contribution in [0.1, 0.15) is 25.8 Å². The van der Waals surface area contributed by atoms with Crippen LogP contribution in [0.25, 0.3) is 0 Å². The number of likely N-dealkylation sites (tertiary alicyclic amines) is 1. The molecule has 1 atom stereocenters. The molecule has 12 nitrogen and oxygen atoms in total. The fourth-order valence-corrected chi connectivity index (χ4v) is 4.23. The minimum atomic E-state index is -0.649. The van der Waals surface area contributed by atoms with E-state index in [4.69, 9.17) is 10.1 Å². The van der Waals surface area contributed by atoms with E-state index in [0.717, 1.165) is 11.8 Å². The zero-order valence-electron chi connectivity index (χ0n) is 20.8. The summed E-state index contributed by atoms with van der Waals surface area (Å²) in [5.74, 6) is -0.680. The molecule has 0 saturated carbocycles. The van der Waals surface area contributed by atoms with Crippen molar-refractivity contribution in [3.8, 4) is 5.75 Å². The Morgan fingerprint density at radius 1 is 1.30 bits per heavy atom. The molecule has 1 fully saturated rings. The van der Waals surface area contributed by atoms with Crippen molar-refractivity contribution in [3.63, 3.8) is 0 Å². The molecule has 3 heterocycles. The van der Waals surface area contributed by atoms with Gasteiger partial charge in [-0.1, -0.05) is 6.07 Å². The molecule has 0 bridgehead atoms. The highest BCUT2D eigenvalue weighted by Gasteiger charge is 2.35. The maximum Gasteiger partial charge on any atom is 0.270 e. The highest BCUT2D eigenvalue weighted by atomic mass is 16.5. The molecule has 12 heteroatoms. The van der Waals surface area contributed by atoms with E-state index in [1.54, 1.807) is 30.1 Å². The number of aliphatic imine (C=N–C) groups is 1. The highest BCUT2D eigenvalue weighted by Crippen LogP contribution is 2.28. The standard InChI is InChI=1S/C25H29N7O5/c1-14(2)32-9-7-16(25(32)36)30-24(35)19-11-18(28-21(6-8-26)31(19)3)23(34)27-12-15-4-5-20-17(10-15)29-22(33)13-37-20/h4-6,8,10-11,14,16,26H,7,9,12-13H2,1-3H3,(H,27,34)(H,29,33)(H,30,35)/b21-6-,26-8?/t16-/m0/s1. The van der Waals surface area contributed by atoms with Gasteiger partial charge in [-0.05, 0) is 50.1 Å². The largest absolute Gasteiger partial charge is 0.482 e. The van der Waals surface area contributed by atoms with Crippen LogP contribution in [-0.2, 0) is 25.7 Å². The van der Waals surface area contributed by atoms with Crippen molar-refractivity contribution in [3.05, 3.63) is 47.4 Å². The van der Waals surface area contributed by atoms with Crippen molar-refractivity contribution >= 4 is 41.2 Å². The molecule has 0 unspecified atom stereocenters. The van der Waals surface area contributed by atoms with Crippen molar-refractivity contribution in [2.24, 2.45) is 4.99 Å². The Kier molecular flexibility index (Phi) is 7.37. The predicted molar refractivity (Wildman–Crippen MR) is 136 cm³/mol. The number of carbonyl (C=O) groups is 4. The average molecular weight is 508 g/mol. The maximum atomic E-state index is 13.1. The molecule has 0 aromatic heterocycles. The number of nitrogens with one attached hydrogen (secondary N) is 4. The van der Waals surface area contributed by atoms with Crippen LogP contribution >= 0.6 is 0 Å². The second-order valence-corrected chi connectivity index (χ2v) is 9.07. The number of hydrogen-bond donors (Lipinski definition) is 4. The number of allylic oxidation sites excluding steroid dienone is 1. The van der Waals surface area contributed by atoms with Crippen LogP contribution in [0.2, 0.25) is 0 Å². The monoisotopic (exact) mass is 507 g/mol. The average Bonchev–Trinajstić information content (AvgIpc) is 3.23. The Balaban J connectivity index is 1.48. The van der Waals surface area contributed by atoms with Gasteiger partial charge in [0.05, 0.1) is 5.69 Å². The van der Waals surface area contributed by atoms with E-state index in [-0.39, 0.29) is 48.2 Å². The van der Waals surface area contributed by atoms with Gasteiger partial charge in [-0.3, -0.25) is 19.2 Å². The molecule has 1 aromatic rings. The number of likely N-dealkylation sites (N-methyl/N-ethyl adjacent to an activating group) is 1. The highest BCUT2D eigenvalue weighted by molar-refractivity contribution is 6.44. The van der Waals surface area contributed by atoms with Crippen molar-refractivity contribution in [2.45, 2.75) is 38.9 Å². The fourth-order valence-electron chi connectivity index (χ4n) is 4.23. The number of carbonyl (C=O) groups excluding carboxylic acids is 4. The molecule has 4 amide bonds. The first-order chi connectivity index (χ1) is 17.7. The third kappa shape index (κ3) is 5.52. The minimum Gasteiger partial charge on any atom is -0.482 e. The summed E-state index contributed by atoms with van der Waals surface area (Å²) in [6.07, 6.45) is 4.22. The number of fused-ring (bicyclic) bond motifs is 1. The topological polar surface area (TPSA) is 156 Å². The summed E-state index contributed by atoms with van der Waals surface area (Å²) in [7, 11) is 1.60. The molecule has 194 valence electrons. The molecule has 0 aliphatic carbocycles. The number of anilines is 1. The van der Waals surface area contributed by atoms with Crippen molar-refractivity contribution in [2.75, 3.05) is 25.5 Å². The third-order valence-electron chi connectivity index (χ3n) is 6.21. The van der Waals surface area contributed by atoms with Crippen LogP contribution in [-0.4, -0.2) is 77.6 Å². The molecule has 3 aliphatic heterocycles. The number of amides is 4. The quantitative estimate of drug-likeness (QED) is 0.394. The lowest BCUT2D eigenvalue weighted by molar-refractivity contribution is -0.133. The summed E-state index contributed by atoms with van der Waals surface area (Å²) in [5.41, 5.74) is 1.34. The van der Waals surface area contributed by atoms with Crippen LogP contribution in [0.3, 0.4) is 0 Å². The number of rotatable bonds is 7. The van der Waals surface area contributed by atoms with Crippen molar-refractivity contribution < 1.29 is 23.9 Å². The summed E-state index contributed by atoms with van der Waals surface area (Å²) >= 11 is 0. The SMILES string of the molecule is CC(C)N1CC[C@H](NC(=O)C2=CC(C(=O)NCc3ccc4c(c3)NC(=O)CO4)=N/C(=C/C=N)N2C)C1=O. The maximum absolute atomic E-state index is 13.1. The van der Waals surface area contributed by atoms with Crippen LogP contribution < -0.4 is 20.7 Å². The van der Waals surface area contributed by atoms with Crippen LogP contribution in [0.15, 0.2) is 46.9 Å². The van der Waals surface area contributed by atoms with E-state index in [9.17, 15) is 19.2 Å². The first-order valence-electron chi connectivity index (χ1n) is 11.9. The van der Waals surface area contributed by atoms with Crippen LogP contribution in [0.4, 0.5) is 5.69 Å². The second-order valence-electron chi connectivity index (χ2n) is 9.07. The summed E-state index contributed by atoms with van der Waals surface area (Å²) in [4.78, 5) is 57.8. The van der Waals surface area contributed by atoms with Gasteiger partial charge >= 0.3 is 0 Å². The molecule has 4 rings (SSSR count). The van der Waals surface area contributed by atoms with Gasteiger partial charge in [0.25, 0.3) is 17.7 Å². The Hall–Kier alpha value is -4.48. The van der Waals surface area contributed by atoms with Gasteiger partial charge in [-0.15, -0.1) is 0 Å². The van der Waals surface area contributed by atoms with Gasteiger partial charge in [0.15, 0.2) is 6.61 Å². The number of ether oxygens (including phenoxy) is 1. The second kappa shape index (κ2) is 10.6. The summed E-state index contributed by atoms with van der Waals surface area (Å²) < 4.78 is 5.35. The van der Waals surface area contributed by atoms with Crippen LogP contribution in [0, 0.1) is 5.41 Å². The van der Waals surface area contributed by atoms with E-state index in [1.807, 2.05) is 13.8 Å². The molecule has 1 saturated heterocycles. The van der Waals surface area contributed by atoms with E-state index >= 15 is 0 Å². The predicted octanol–water partition coefficient (Wildman–Crippen LogP) is 0.520. The Morgan fingerprint density at radius 2 is 2.08 bits per heavy atom. The number of hydrogen-bond acceptors (Lipinski definition) is 8. The van der Waals surface area contributed by atoms with Crippen molar-refractivity contribution in [1.29, 1.82) is 5.41 Å². The lowest BCUT2D eigenvalue weighted by Gasteiger charge is -2.27. The fraction of sp³-hybridized carbons (Fsp3) is 0.360. The Morgan fingerprint density at radius 3 is 2.78 bits per heavy atom. The van der Waals surface area contributed by atoms with Gasteiger partial charge in [0, 0.05) is 32.4 Å². The first-order valence-corrected chi connectivity index (χ1v) is 11.9. The van der Waals surface area contributed by atoms with E-state index in [2.05, 4.69) is 20.9 Å². The smallest absolute Gasteiger partial charge is 0.270 e. The molecular weight excluding hydrogens is 478 g/mol. The molecule has 3 aliphatic rings. The molecule has 37 heavy (non-hydrogen) atoms. The molecule has 1 aromatic carbocycles. The first kappa shape index (κ1) is 25.6. The van der Waals surface area contributed by atoms with Gasteiger partial charge in [-0.25, -0.2) is 4.99 Å². The Bertz CT molecular complexity index is 1250. The minimum absolute atomic E-state index is 0.0208. The van der Waals surface area contributed by atoms with E-state index < -0.39 is 17.9 Å². The molecular formula is C25H29N7O5. The molecule has 4 N–H and O–H groups in total. The summed E-state index contributed by atoms with van der Waals surface area (Å²) in [6.45, 7) is 4.49. The lowest BCUT2D eigenvalue weighted by Crippen LogP contribution is -2.46. The summed E-state index contributed by atoms with van der Waals surface area (Å²) in [5, 5.41) is 15.7. The molecule has 0 radical (unpaired) electrons. The van der Waals surface area contributed by atoms with Gasteiger partial charge < -0.3 is 35.9 Å². The van der Waals surface area contributed by atoms with E-state index in [1.165, 1.54) is 17.1 Å². The number of nitrogens with zero attached hydrogens (tertiary/aromatic N) is 3. The van der Waals surface area contributed by atoms with Crippen LogP contribution in [0.5, 0.6) is 5.75 Å². The van der Waals surface area contributed by atoms with Gasteiger partial charge in [0.2, 0.25) is 5.91 Å². The third-order valence-corrected chi connectivity index (χ3v) is 6.21. The zero-order valence-corrected chi connectivity index (χ0v) is 20.8.